The molecule has 5 nitrogen and oxygen atoms in total. The molecule has 0 bridgehead atoms. The van der Waals surface area contributed by atoms with E-state index in [4.69, 9.17) is 9.84 Å². The number of carbonyl (C=O) groups excluding carboxylic acids is 1. The third-order valence-corrected chi connectivity index (χ3v) is 3.68. The summed E-state index contributed by atoms with van der Waals surface area (Å²) in [7, 11) is 0. The van der Waals surface area contributed by atoms with E-state index in [-0.39, 0.29) is 12.3 Å². The molecule has 0 spiro atoms. The van der Waals surface area contributed by atoms with Crippen LogP contribution in [0.1, 0.15) is 31.2 Å². The van der Waals surface area contributed by atoms with Crippen LogP contribution in [0.15, 0.2) is 24.3 Å². The molecule has 0 atom stereocenters. The molecule has 0 aliphatic carbocycles. The van der Waals surface area contributed by atoms with E-state index in [0.717, 1.165) is 37.3 Å². The van der Waals surface area contributed by atoms with Crippen molar-refractivity contribution in [1.29, 1.82) is 0 Å². The highest BCUT2D eigenvalue weighted by atomic mass is 16.5. The zero-order chi connectivity index (χ0) is 15.1. The highest BCUT2D eigenvalue weighted by molar-refractivity contribution is 5.90. The first-order chi connectivity index (χ1) is 10.1. The quantitative estimate of drug-likeness (QED) is 0.844. The second kappa shape index (κ2) is 7.78. The lowest BCUT2D eigenvalue weighted by atomic mass is 9.96. The summed E-state index contributed by atoms with van der Waals surface area (Å²) < 4.78 is 5.28. The van der Waals surface area contributed by atoms with Crippen LogP contribution in [0.3, 0.4) is 0 Å². The molecule has 0 unspecified atom stereocenters. The summed E-state index contributed by atoms with van der Waals surface area (Å²) in [6.07, 6.45) is 3.05. The van der Waals surface area contributed by atoms with E-state index in [1.807, 2.05) is 24.3 Å². The summed E-state index contributed by atoms with van der Waals surface area (Å²) in [5.41, 5.74) is 1.71. The molecule has 1 saturated heterocycles. The number of carboxylic acid groups (broad SMARTS) is 1. The monoisotopic (exact) mass is 291 g/mol. The maximum atomic E-state index is 12.0. The highest BCUT2D eigenvalue weighted by Crippen LogP contribution is 2.19. The Morgan fingerprint density at radius 1 is 1.19 bits per heavy atom. The van der Waals surface area contributed by atoms with Crippen LogP contribution in [0, 0.1) is 5.92 Å². The summed E-state index contributed by atoms with van der Waals surface area (Å²) in [4.78, 5) is 22.5. The van der Waals surface area contributed by atoms with Gasteiger partial charge in [-0.25, -0.2) is 0 Å². The number of hydrogen-bond acceptors (Lipinski definition) is 3. The van der Waals surface area contributed by atoms with Crippen molar-refractivity contribution < 1.29 is 19.4 Å². The van der Waals surface area contributed by atoms with Crippen LogP contribution in [0.5, 0.6) is 0 Å². The molecular weight excluding hydrogens is 270 g/mol. The number of hydrogen-bond donors (Lipinski definition) is 2. The predicted molar refractivity (Wildman–Crippen MR) is 79.2 cm³/mol. The van der Waals surface area contributed by atoms with Crippen LogP contribution in [0.2, 0.25) is 0 Å². The lowest BCUT2D eigenvalue weighted by molar-refractivity contribution is -0.137. The lowest BCUT2D eigenvalue weighted by Crippen LogP contribution is -2.22. The number of amides is 1. The van der Waals surface area contributed by atoms with Gasteiger partial charge in [-0.15, -0.1) is 0 Å². The fourth-order valence-corrected chi connectivity index (χ4v) is 2.43. The third-order valence-electron chi connectivity index (χ3n) is 3.68. The van der Waals surface area contributed by atoms with Crippen molar-refractivity contribution >= 4 is 17.6 Å². The van der Waals surface area contributed by atoms with E-state index in [1.54, 1.807) is 0 Å². The second-order valence-corrected chi connectivity index (χ2v) is 5.40. The van der Waals surface area contributed by atoms with Gasteiger partial charge in [-0.2, -0.15) is 0 Å². The number of rotatable bonds is 6. The van der Waals surface area contributed by atoms with Crippen molar-refractivity contribution in [3.63, 3.8) is 0 Å². The van der Waals surface area contributed by atoms with Gasteiger partial charge in [0.25, 0.3) is 0 Å². The van der Waals surface area contributed by atoms with E-state index in [0.29, 0.717) is 18.8 Å². The molecule has 2 N–H and O–H groups in total. The molecule has 1 aromatic rings. The van der Waals surface area contributed by atoms with Crippen LogP contribution in [-0.4, -0.2) is 30.2 Å². The second-order valence-electron chi connectivity index (χ2n) is 5.40. The van der Waals surface area contributed by atoms with Crippen molar-refractivity contribution in [3.8, 4) is 0 Å². The van der Waals surface area contributed by atoms with E-state index in [2.05, 4.69) is 5.32 Å². The van der Waals surface area contributed by atoms with Crippen LogP contribution >= 0.6 is 0 Å². The number of aryl methyl sites for hydroxylation is 1. The molecule has 1 aliphatic heterocycles. The van der Waals surface area contributed by atoms with Gasteiger partial charge >= 0.3 is 5.97 Å². The molecule has 1 amide bonds. The van der Waals surface area contributed by atoms with Crippen molar-refractivity contribution in [2.24, 2.45) is 5.92 Å². The minimum Gasteiger partial charge on any atom is -0.481 e. The number of aliphatic carboxylic acids is 1. The number of carboxylic acids is 1. The Kier molecular flexibility index (Phi) is 5.75. The largest absolute Gasteiger partial charge is 0.481 e. The normalized spacial score (nSPS) is 15.6. The van der Waals surface area contributed by atoms with Gasteiger partial charge < -0.3 is 15.2 Å². The van der Waals surface area contributed by atoms with E-state index in [9.17, 15) is 9.59 Å². The first-order valence-electron chi connectivity index (χ1n) is 7.32. The highest BCUT2D eigenvalue weighted by Gasteiger charge is 2.17. The molecule has 21 heavy (non-hydrogen) atoms. The Hall–Kier alpha value is -1.88. The molecule has 1 heterocycles. The average molecular weight is 291 g/mol. The molecule has 114 valence electrons. The smallest absolute Gasteiger partial charge is 0.303 e. The molecule has 0 aromatic heterocycles. The molecule has 0 saturated carbocycles. The molecule has 1 aromatic carbocycles. The van der Waals surface area contributed by atoms with Crippen LogP contribution in [0.4, 0.5) is 5.69 Å². The summed E-state index contributed by atoms with van der Waals surface area (Å²) >= 11 is 0. The van der Waals surface area contributed by atoms with Crippen molar-refractivity contribution in [3.05, 3.63) is 29.8 Å². The number of nitrogens with one attached hydrogen (secondary N) is 1. The van der Waals surface area contributed by atoms with Crippen molar-refractivity contribution in [2.45, 2.75) is 32.1 Å². The first kappa shape index (κ1) is 15.5. The van der Waals surface area contributed by atoms with Gasteiger partial charge in [-0.1, -0.05) is 12.1 Å². The zero-order valence-corrected chi connectivity index (χ0v) is 12.0. The molecule has 1 aliphatic rings. The Balaban J connectivity index is 1.79. The first-order valence-corrected chi connectivity index (χ1v) is 7.32. The molecule has 2 rings (SSSR count). The number of benzene rings is 1. The minimum atomic E-state index is -0.802. The lowest BCUT2D eigenvalue weighted by Gasteiger charge is -2.21. The van der Waals surface area contributed by atoms with Crippen LogP contribution in [0.25, 0.3) is 0 Å². The summed E-state index contributed by atoms with van der Waals surface area (Å²) in [5.74, 6) is -0.363. The average Bonchev–Trinajstić information content (AvgIpc) is 2.47. The predicted octanol–water partition coefficient (Wildman–Crippen LogP) is 2.46. The Morgan fingerprint density at radius 2 is 1.86 bits per heavy atom. The molecule has 5 heteroatoms. The van der Waals surface area contributed by atoms with Crippen LogP contribution in [-0.2, 0) is 20.7 Å². The minimum absolute atomic E-state index is 0.0279. The SMILES string of the molecule is O=C(O)CCc1ccc(NC(=O)CC2CCOCC2)cc1. The van der Waals surface area contributed by atoms with E-state index >= 15 is 0 Å². The summed E-state index contributed by atoms with van der Waals surface area (Å²) in [6.45, 7) is 1.49. The van der Waals surface area contributed by atoms with E-state index < -0.39 is 5.97 Å². The van der Waals surface area contributed by atoms with Gasteiger partial charge in [0.1, 0.15) is 0 Å². The molecule has 1 fully saturated rings. The Morgan fingerprint density at radius 3 is 2.48 bits per heavy atom. The number of carbonyl (C=O) groups is 2. The summed E-state index contributed by atoms with van der Waals surface area (Å²) in [5, 5.41) is 11.5. The van der Waals surface area contributed by atoms with E-state index in [1.165, 1.54) is 0 Å². The maximum absolute atomic E-state index is 12.0. The fraction of sp³-hybridized carbons (Fsp3) is 0.500. The van der Waals surface area contributed by atoms with Crippen molar-refractivity contribution in [2.75, 3.05) is 18.5 Å². The Bertz CT molecular complexity index is 478. The standard InChI is InChI=1S/C16H21NO4/c18-15(11-13-7-9-21-10-8-13)17-14-4-1-12(2-5-14)3-6-16(19)20/h1-2,4-5,13H,3,6-11H2,(H,17,18)(H,19,20). The Labute approximate surface area is 124 Å². The fourth-order valence-electron chi connectivity index (χ4n) is 2.43. The van der Waals surface area contributed by atoms with Crippen LogP contribution < -0.4 is 5.32 Å². The topological polar surface area (TPSA) is 75.6 Å². The molecular formula is C16H21NO4. The van der Waals surface area contributed by atoms with Crippen molar-refractivity contribution in [1.82, 2.24) is 0 Å². The van der Waals surface area contributed by atoms with Gasteiger partial charge in [-0.05, 0) is 42.9 Å². The maximum Gasteiger partial charge on any atom is 0.303 e. The third kappa shape index (κ3) is 5.55. The zero-order valence-electron chi connectivity index (χ0n) is 12.0. The van der Waals surface area contributed by atoms with Gasteiger partial charge in [0.15, 0.2) is 0 Å². The van der Waals surface area contributed by atoms with Gasteiger partial charge in [0, 0.05) is 31.7 Å². The van der Waals surface area contributed by atoms with Gasteiger partial charge in [0.2, 0.25) is 5.91 Å². The number of anilines is 1. The van der Waals surface area contributed by atoms with Gasteiger partial charge in [0.05, 0.1) is 0 Å². The summed E-state index contributed by atoms with van der Waals surface area (Å²) in [6, 6.07) is 7.35. The van der Waals surface area contributed by atoms with Gasteiger partial charge in [-0.3, -0.25) is 9.59 Å². The number of ether oxygens (including phenoxy) is 1. The molecule has 0 radical (unpaired) electrons.